The lowest BCUT2D eigenvalue weighted by Crippen LogP contribution is -2.39. The molecule has 2 heterocycles. The molecule has 0 saturated heterocycles. The molecule has 0 spiro atoms. The number of hydrogen-bond acceptors (Lipinski definition) is 5. The Balaban J connectivity index is 1.66. The summed E-state index contributed by atoms with van der Waals surface area (Å²) >= 11 is 0. The number of carbonyl (C=O) groups is 1. The number of carboxylic acids is 1. The molecule has 0 unspecified atom stereocenters. The molecular weight excluding hydrogens is 434 g/mol. The zero-order valence-electron chi connectivity index (χ0n) is 18.6. The molecule has 0 fully saturated rings. The lowest BCUT2D eigenvalue weighted by atomic mass is 10.1. The van der Waals surface area contributed by atoms with Crippen LogP contribution in [0.15, 0.2) is 70.4 Å². The summed E-state index contributed by atoms with van der Waals surface area (Å²) in [5.41, 5.74) is 1.68. The molecule has 8 heteroatoms. The summed E-state index contributed by atoms with van der Waals surface area (Å²) in [6.45, 7) is 0.0160. The molecule has 0 saturated carbocycles. The molecule has 0 amide bonds. The van der Waals surface area contributed by atoms with Crippen molar-refractivity contribution in [3.8, 4) is 17.6 Å². The molecule has 34 heavy (non-hydrogen) atoms. The van der Waals surface area contributed by atoms with Crippen LogP contribution in [-0.2, 0) is 20.0 Å². The molecule has 0 aliphatic carbocycles. The Morgan fingerprint density at radius 1 is 1.06 bits per heavy atom. The highest BCUT2D eigenvalue weighted by Crippen LogP contribution is 2.12. The topological polar surface area (TPSA) is 103 Å². The van der Waals surface area contributed by atoms with Gasteiger partial charge in [-0.1, -0.05) is 30.2 Å². The molecule has 4 aromatic rings. The fourth-order valence-electron chi connectivity index (χ4n) is 3.53. The molecule has 0 bridgehead atoms. The summed E-state index contributed by atoms with van der Waals surface area (Å²) in [4.78, 5) is 41.3. The smallest absolute Gasteiger partial charge is 0.335 e. The van der Waals surface area contributed by atoms with E-state index in [4.69, 9.17) is 9.84 Å². The van der Waals surface area contributed by atoms with Crippen molar-refractivity contribution < 1.29 is 14.6 Å². The largest absolute Gasteiger partial charge is 0.497 e. The lowest BCUT2D eigenvalue weighted by molar-refractivity contribution is 0.0697. The number of fused-ring (bicyclic) bond motifs is 1. The number of aromatic carboxylic acids is 1. The third-order valence-electron chi connectivity index (χ3n) is 5.45. The van der Waals surface area contributed by atoms with E-state index in [9.17, 15) is 14.4 Å². The number of aryl methyl sites for hydroxylation is 1. The van der Waals surface area contributed by atoms with Gasteiger partial charge in [0.25, 0.3) is 5.56 Å². The number of pyridine rings is 1. The predicted octanol–water partition coefficient (Wildman–Crippen LogP) is 2.44. The SMILES string of the molecule is COc1ccc(CC#Cc2cc3c(=O)n(Cc4ccc(C(=O)O)cc4)c(=O)n(C)c3cn2)cc1. The highest BCUT2D eigenvalue weighted by Gasteiger charge is 2.13. The van der Waals surface area contributed by atoms with Crippen LogP contribution in [0.3, 0.4) is 0 Å². The predicted molar refractivity (Wildman–Crippen MR) is 127 cm³/mol. The van der Waals surface area contributed by atoms with E-state index in [1.807, 2.05) is 24.3 Å². The standard InChI is InChI=1S/C26H21N3O5/c1-28-23-15-27-20(5-3-4-17-8-12-21(34-2)13-9-17)14-22(23)24(30)29(26(28)33)16-18-6-10-19(11-7-18)25(31)32/h6-15H,4,16H2,1-2H3,(H,31,32). The van der Waals surface area contributed by atoms with Crippen molar-refractivity contribution in [1.29, 1.82) is 0 Å². The Kier molecular flexibility index (Phi) is 6.28. The first-order valence-electron chi connectivity index (χ1n) is 10.4. The van der Waals surface area contributed by atoms with E-state index in [0.717, 1.165) is 15.9 Å². The average molecular weight is 455 g/mol. The number of methoxy groups -OCH3 is 1. The molecule has 0 radical (unpaired) electrons. The molecule has 8 nitrogen and oxygen atoms in total. The van der Waals surface area contributed by atoms with Crippen molar-refractivity contribution in [2.45, 2.75) is 13.0 Å². The molecule has 0 aliphatic rings. The first-order chi connectivity index (χ1) is 16.4. The second kappa shape index (κ2) is 9.46. The van der Waals surface area contributed by atoms with Gasteiger partial charge in [-0.25, -0.2) is 14.6 Å². The monoisotopic (exact) mass is 455 g/mol. The van der Waals surface area contributed by atoms with Crippen molar-refractivity contribution in [3.05, 3.63) is 104 Å². The van der Waals surface area contributed by atoms with Gasteiger partial charge in [0.15, 0.2) is 0 Å². The zero-order chi connectivity index (χ0) is 24.2. The van der Waals surface area contributed by atoms with E-state index in [0.29, 0.717) is 28.6 Å². The van der Waals surface area contributed by atoms with Crippen LogP contribution in [0.1, 0.15) is 27.2 Å². The first-order valence-corrected chi connectivity index (χ1v) is 10.4. The molecule has 0 aliphatic heterocycles. The minimum absolute atomic E-state index is 0.0160. The molecule has 0 atom stereocenters. The van der Waals surface area contributed by atoms with Crippen molar-refractivity contribution >= 4 is 16.9 Å². The quantitative estimate of drug-likeness (QED) is 0.464. The number of hydrogen-bond donors (Lipinski definition) is 1. The summed E-state index contributed by atoms with van der Waals surface area (Å²) in [5.74, 6) is 5.76. The second-order valence-corrected chi connectivity index (χ2v) is 7.65. The van der Waals surface area contributed by atoms with E-state index in [1.54, 1.807) is 32.4 Å². The van der Waals surface area contributed by atoms with Gasteiger partial charge in [-0.15, -0.1) is 0 Å². The number of rotatable bonds is 5. The summed E-state index contributed by atoms with van der Waals surface area (Å²) < 4.78 is 7.63. The molecule has 4 rings (SSSR count). The van der Waals surface area contributed by atoms with Gasteiger partial charge in [0.2, 0.25) is 0 Å². The number of nitrogens with zero attached hydrogens (tertiary/aromatic N) is 3. The van der Waals surface area contributed by atoms with E-state index >= 15 is 0 Å². The Morgan fingerprint density at radius 3 is 2.38 bits per heavy atom. The molecule has 2 aromatic heterocycles. The first kappa shape index (κ1) is 22.6. The molecular formula is C26H21N3O5. The fourth-order valence-corrected chi connectivity index (χ4v) is 3.53. The van der Waals surface area contributed by atoms with Gasteiger partial charge in [-0.05, 0) is 47.4 Å². The minimum Gasteiger partial charge on any atom is -0.497 e. The number of aromatic nitrogens is 3. The van der Waals surface area contributed by atoms with Crippen molar-refractivity contribution in [2.24, 2.45) is 7.05 Å². The summed E-state index contributed by atoms with van der Waals surface area (Å²) in [5, 5.41) is 9.38. The third-order valence-corrected chi connectivity index (χ3v) is 5.45. The second-order valence-electron chi connectivity index (χ2n) is 7.65. The van der Waals surface area contributed by atoms with Crippen molar-refractivity contribution in [3.63, 3.8) is 0 Å². The maximum Gasteiger partial charge on any atom is 0.335 e. The van der Waals surface area contributed by atoms with E-state index in [-0.39, 0.29) is 12.1 Å². The van der Waals surface area contributed by atoms with Crippen LogP contribution < -0.4 is 16.0 Å². The van der Waals surface area contributed by atoms with E-state index in [1.165, 1.54) is 22.9 Å². The normalized spacial score (nSPS) is 10.5. The Labute approximate surface area is 194 Å². The Morgan fingerprint density at radius 2 is 1.74 bits per heavy atom. The van der Waals surface area contributed by atoms with Crippen LogP contribution in [0, 0.1) is 11.8 Å². The van der Waals surface area contributed by atoms with Crippen LogP contribution in [0.2, 0.25) is 0 Å². The molecule has 170 valence electrons. The fraction of sp³-hybridized carbons (Fsp3) is 0.154. The summed E-state index contributed by atoms with van der Waals surface area (Å²) in [6.07, 6.45) is 1.98. The van der Waals surface area contributed by atoms with Gasteiger partial charge >= 0.3 is 11.7 Å². The van der Waals surface area contributed by atoms with Crippen molar-refractivity contribution in [2.75, 3.05) is 7.11 Å². The zero-order valence-corrected chi connectivity index (χ0v) is 18.6. The van der Waals surface area contributed by atoms with Crippen LogP contribution in [0.25, 0.3) is 10.9 Å². The molecule has 1 N–H and O–H groups in total. The van der Waals surface area contributed by atoms with Crippen LogP contribution in [0.4, 0.5) is 0 Å². The number of ether oxygens (including phenoxy) is 1. The van der Waals surface area contributed by atoms with Gasteiger partial charge < -0.3 is 9.84 Å². The van der Waals surface area contributed by atoms with E-state index < -0.39 is 17.2 Å². The Bertz CT molecular complexity index is 1550. The van der Waals surface area contributed by atoms with Crippen molar-refractivity contribution in [1.82, 2.24) is 14.1 Å². The maximum atomic E-state index is 13.2. The van der Waals surface area contributed by atoms with Gasteiger partial charge in [0, 0.05) is 13.5 Å². The Hall–Kier alpha value is -4.64. The number of carboxylic acid groups (broad SMARTS) is 1. The lowest BCUT2D eigenvalue weighted by Gasteiger charge is -2.11. The summed E-state index contributed by atoms with van der Waals surface area (Å²) in [6, 6.07) is 15.2. The highest BCUT2D eigenvalue weighted by molar-refractivity contribution is 5.87. The molecule has 2 aromatic carbocycles. The van der Waals surface area contributed by atoms with Gasteiger partial charge in [-0.3, -0.25) is 13.9 Å². The van der Waals surface area contributed by atoms with Gasteiger partial charge in [-0.2, -0.15) is 0 Å². The van der Waals surface area contributed by atoms with Crippen LogP contribution >= 0.6 is 0 Å². The third kappa shape index (κ3) is 4.59. The minimum atomic E-state index is -1.04. The summed E-state index contributed by atoms with van der Waals surface area (Å²) in [7, 11) is 3.18. The average Bonchev–Trinajstić information content (AvgIpc) is 2.86. The van der Waals surface area contributed by atoms with E-state index in [2.05, 4.69) is 16.8 Å². The number of benzene rings is 2. The van der Waals surface area contributed by atoms with Gasteiger partial charge in [0.05, 0.1) is 36.3 Å². The van der Waals surface area contributed by atoms with Gasteiger partial charge in [0.1, 0.15) is 11.4 Å². The van der Waals surface area contributed by atoms with Crippen LogP contribution in [-0.4, -0.2) is 32.3 Å². The van der Waals surface area contributed by atoms with Crippen LogP contribution in [0.5, 0.6) is 5.75 Å². The highest BCUT2D eigenvalue weighted by atomic mass is 16.5. The maximum absolute atomic E-state index is 13.2.